The normalized spacial score (nSPS) is 10.6. The van der Waals surface area contributed by atoms with E-state index in [1.54, 1.807) is 29.4 Å². The average molecular weight is 272 g/mol. The van der Waals surface area contributed by atoms with Gasteiger partial charge in [0.15, 0.2) is 0 Å². The fourth-order valence-corrected chi connectivity index (χ4v) is 2.46. The third-order valence-electron chi connectivity index (χ3n) is 2.71. The molecule has 0 unspecified atom stereocenters. The van der Waals surface area contributed by atoms with Crippen LogP contribution in [0.3, 0.4) is 0 Å². The van der Waals surface area contributed by atoms with E-state index in [1.165, 1.54) is 0 Å². The Morgan fingerprint density at radius 3 is 2.47 bits per heavy atom. The van der Waals surface area contributed by atoms with Crippen LogP contribution in [0.25, 0.3) is 22.0 Å². The highest BCUT2D eigenvalue weighted by Gasteiger charge is 2.15. The number of hydrogen-bond donors (Lipinski definition) is 0. The summed E-state index contributed by atoms with van der Waals surface area (Å²) in [6.45, 7) is 0. The Labute approximate surface area is 114 Å². The number of methoxy groups -OCH3 is 1. The molecule has 2 aromatic heterocycles. The highest BCUT2D eigenvalue weighted by Crippen LogP contribution is 2.30. The highest BCUT2D eigenvalue weighted by atomic mass is 32.1. The van der Waals surface area contributed by atoms with Crippen molar-refractivity contribution in [3.63, 3.8) is 0 Å². The third kappa shape index (κ3) is 2.22. The van der Waals surface area contributed by atoms with Gasteiger partial charge in [-0.15, -0.1) is 11.3 Å². The molecule has 6 heteroatoms. The molecule has 0 spiro atoms. The van der Waals surface area contributed by atoms with Crippen molar-refractivity contribution in [3.05, 3.63) is 35.8 Å². The zero-order valence-corrected chi connectivity index (χ0v) is 11.4. The minimum Gasteiger partial charge on any atom is -0.497 e. The zero-order chi connectivity index (χ0) is 13.2. The molecule has 5 nitrogen and oxygen atoms in total. The lowest BCUT2D eigenvalue weighted by Crippen LogP contribution is -1.92. The van der Waals surface area contributed by atoms with Gasteiger partial charge < -0.3 is 4.74 Å². The van der Waals surface area contributed by atoms with E-state index in [1.807, 2.05) is 36.7 Å². The van der Waals surface area contributed by atoms with Gasteiger partial charge >= 0.3 is 0 Å². The molecule has 0 N–H and O–H groups in total. The van der Waals surface area contributed by atoms with Crippen LogP contribution in [0.2, 0.25) is 0 Å². The first-order valence-corrected chi connectivity index (χ1v) is 6.61. The van der Waals surface area contributed by atoms with Crippen LogP contribution in [0.1, 0.15) is 0 Å². The molecule has 0 fully saturated rings. The summed E-state index contributed by atoms with van der Waals surface area (Å²) in [4.78, 5) is 5.86. The first-order valence-electron chi connectivity index (χ1n) is 5.73. The van der Waals surface area contributed by atoms with Crippen molar-refractivity contribution in [2.75, 3.05) is 7.11 Å². The fourth-order valence-electron chi connectivity index (χ4n) is 1.83. The van der Waals surface area contributed by atoms with Crippen LogP contribution in [-0.4, -0.2) is 27.1 Å². The van der Waals surface area contributed by atoms with Gasteiger partial charge in [-0.05, 0) is 24.3 Å². The van der Waals surface area contributed by atoms with Crippen molar-refractivity contribution in [1.82, 2.24) is 20.0 Å². The van der Waals surface area contributed by atoms with Crippen LogP contribution in [-0.2, 0) is 7.05 Å². The van der Waals surface area contributed by atoms with Crippen LogP contribution in [0.15, 0.2) is 35.8 Å². The van der Waals surface area contributed by atoms with Gasteiger partial charge in [0, 0.05) is 24.2 Å². The Bertz CT molecular complexity index is 673. The summed E-state index contributed by atoms with van der Waals surface area (Å²) in [5, 5.41) is 11.6. The number of rotatable bonds is 3. The number of hydrogen-bond acceptors (Lipinski definition) is 5. The Morgan fingerprint density at radius 1 is 1.11 bits per heavy atom. The van der Waals surface area contributed by atoms with Crippen molar-refractivity contribution >= 4 is 11.3 Å². The molecule has 19 heavy (non-hydrogen) atoms. The van der Waals surface area contributed by atoms with E-state index in [2.05, 4.69) is 15.2 Å². The van der Waals surface area contributed by atoms with Gasteiger partial charge in [0.1, 0.15) is 22.1 Å². The average Bonchev–Trinajstić information content (AvgIpc) is 3.07. The summed E-state index contributed by atoms with van der Waals surface area (Å²) in [5.74, 6) is 0.823. The SMILES string of the molecule is COc1ccc(-c2nn(C)nc2-c2nccs2)cc1. The fraction of sp³-hybridized carbons (Fsp3) is 0.154. The number of ether oxygens (including phenoxy) is 1. The van der Waals surface area contributed by atoms with Gasteiger partial charge in [-0.2, -0.15) is 15.0 Å². The number of thiazole rings is 1. The standard InChI is InChI=1S/C13H12N4OS/c1-17-15-11(9-3-5-10(18-2)6-4-9)12(16-17)13-14-7-8-19-13/h3-8H,1-2H3. The largest absolute Gasteiger partial charge is 0.497 e. The maximum absolute atomic E-state index is 5.16. The number of aromatic nitrogens is 4. The summed E-state index contributed by atoms with van der Waals surface area (Å²) in [7, 11) is 3.46. The molecule has 0 aliphatic carbocycles. The van der Waals surface area contributed by atoms with E-state index >= 15 is 0 Å². The van der Waals surface area contributed by atoms with E-state index in [4.69, 9.17) is 4.74 Å². The van der Waals surface area contributed by atoms with Crippen LogP contribution in [0.4, 0.5) is 0 Å². The smallest absolute Gasteiger partial charge is 0.149 e. The molecule has 96 valence electrons. The Hall–Kier alpha value is -2.21. The molecule has 3 aromatic rings. The maximum Gasteiger partial charge on any atom is 0.149 e. The second-order valence-corrected chi connectivity index (χ2v) is 4.85. The number of nitrogens with zero attached hydrogens (tertiary/aromatic N) is 4. The molecule has 3 rings (SSSR count). The Morgan fingerprint density at radius 2 is 1.84 bits per heavy atom. The molecule has 0 saturated heterocycles. The molecule has 0 radical (unpaired) electrons. The van der Waals surface area contributed by atoms with E-state index < -0.39 is 0 Å². The molecule has 0 atom stereocenters. The monoisotopic (exact) mass is 272 g/mol. The van der Waals surface area contributed by atoms with E-state index in [0.717, 1.165) is 27.7 Å². The second kappa shape index (κ2) is 4.81. The van der Waals surface area contributed by atoms with Gasteiger partial charge in [-0.1, -0.05) is 0 Å². The molecule has 0 aliphatic rings. The molecule has 2 heterocycles. The highest BCUT2D eigenvalue weighted by molar-refractivity contribution is 7.13. The minimum atomic E-state index is 0.808. The van der Waals surface area contributed by atoms with Crippen LogP contribution >= 0.6 is 11.3 Å². The van der Waals surface area contributed by atoms with E-state index in [0.29, 0.717) is 0 Å². The summed E-state index contributed by atoms with van der Waals surface area (Å²) in [6.07, 6.45) is 1.77. The molecular formula is C13H12N4OS. The van der Waals surface area contributed by atoms with Crippen molar-refractivity contribution in [1.29, 1.82) is 0 Å². The second-order valence-electron chi connectivity index (χ2n) is 3.95. The number of aryl methyl sites for hydroxylation is 1. The first kappa shape index (κ1) is 11.9. The Kier molecular flexibility index (Phi) is 3.00. The van der Waals surface area contributed by atoms with E-state index in [-0.39, 0.29) is 0 Å². The van der Waals surface area contributed by atoms with Gasteiger partial charge in [0.05, 0.1) is 7.11 Å². The van der Waals surface area contributed by atoms with Crippen LogP contribution < -0.4 is 4.74 Å². The van der Waals surface area contributed by atoms with Crippen LogP contribution in [0.5, 0.6) is 5.75 Å². The first-order chi connectivity index (χ1) is 9.28. The maximum atomic E-state index is 5.16. The molecule has 0 saturated carbocycles. The molecule has 1 aromatic carbocycles. The quantitative estimate of drug-likeness (QED) is 0.735. The lowest BCUT2D eigenvalue weighted by Gasteiger charge is -2.01. The third-order valence-corrected chi connectivity index (χ3v) is 3.49. The van der Waals surface area contributed by atoms with Gasteiger partial charge in [0.25, 0.3) is 0 Å². The van der Waals surface area contributed by atoms with Crippen molar-refractivity contribution in [3.8, 4) is 27.7 Å². The molecule has 0 aliphatic heterocycles. The summed E-state index contributed by atoms with van der Waals surface area (Å²) >= 11 is 1.55. The van der Waals surface area contributed by atoms with Gasteiger partial charge in [-0.25, -0.2) is 4.98 Å². The van der Waals surface area contributed by atoms with Gasteiger partial charge in [-0.3, -0.25) is 0 Å². The number of benzene rings is 1. The predicted molar refractivity (Wildman–Crippen MR) is 74.1 cm³/mol. The van der Waals surface area contributed by atoms with E-state index in [9.17, 15) is 0 Å². The predicted octanol–water partition coefficient (Wildman–Crippen LogP) is 2.61. The van der Waals surface area contributed by atoms with Crippen LogP contribution in [0, 0.1) is 0 Å². The minimum absolute atomic E-state index is 0.808. The molecule has 0 bridgehead atoms. The lowest BCUT2D eigenvalue weighted by molar-refractivity contribution is 0.415. The van der Waals surface area contributed by atoms with Crippen molar-refractivity contribution < 1.29 is 4.74 Å². The Balaban J connectivity index is 2.09. The lowest BCUT2D eigenvalue weighted by atomic mass is 10.1. The zero-order valence-electron chi connectivity index (χ0n) is 10.6. The summed E-state index contributed by atoms with van der Waals surface area (Å²) < 4.78 is 5.16. The van der Waals surface area contributed by atoms with Gasteiger partial charge in [0.2, 0.25) is 0 Å². The van der Waals surface area contributed by atoms with Crippen molar-refractivity contribution in [2.24, 2.45) is 7.05 Å². The summed E-state index contributed by atoms with van der Waals surface area (Å²) in [5.41, 5.74) is 2.64. The topological polar surface area (TPSA) is 52.8 Å². The molecular weight excluding hydrogens is 260 g/mol. The summed E-state index contributed by atoms with van der Waals surface area (Å²) in [6, 6.07) is 7.77. The van der Waals surface area contributed by atoms with Crippen molar-refractivity contribution in [2.45, 2.75) is 0 Å². The molecule has 0 amide bonds.